The molecule has 0 amide bonds. The standard InChI is InChI=1S/C19H17NO/c20-17-12-7-13-18(14-17)21-19(15-8-3-1-4-9-15)16-10-5-2-6-11-16/h1-14,19H,20H2. The fraction of sp³-hybridized carbons (Fsp3) is 0.0526. The molecule has 0 saturated carbocycles. The van der Waals surface area contributed by atoms with Gasteiger partial charge in [-0.15, -0.1) is 0 Å². The van der Waals surface area contributed by atoms with Crippen molar-refractivity contribution in [3.63, 3.8) is 0 Å². The summed E-state index contributed by atoms with van der Waals surface area (Å²) in [5, 5.41) is 0. The molecule has 0 aliphatic heterocycles. The number of benzene rings is 3. The number of nitrogen functional groups attached to an aromatic ring is 1. The molecular formula is C19H17NO. The van der Waals surface area contributed by atoms with Gasteiger partial charge in [0.15, 0.2) is 0 Å². The molecule has 2 N–H and O–H groups in total. The molecular weight excluding hydrogens is 258 g/mol. The number of hydrogen-bond donors (Lipinski definition) is 1. The van der Waals surface area contributed by atoms with Gasteiger partial charge in [-0.1, -0.05) is 66.7 Å². The largest absolute Gasteiger partial charge is 0.481 e. The zero-order valence-electron chi connectivity index (χ0n) is 11.6. The number of rotatable bonds is 4. The predicted octanol–water partition coefficient (Wildman–Crippen LogP) is 4.44. The Bertz CT molecular complexity index is 656. The van der Waals surface area contributed by atoms with Gasteiger partial charge in [-0.05, 0) is 23.3 Å². The van der Waals surface area contributed by atoms with Crippen LogP contribution in [0.4, 0.5) is 5.69 Å². The van der Waals surface area contributed by atoms with Crippen LogP contribution in [0, 0.1) is 0 Å². The van der Waals surface area contributed by atoms with E-state index in [1.807, 2.05) is 60.7 Å². The van der Waals surface area contributed by atoms with Gasteiger partial charge in [-0.3, -0.25) is 0 Å². The van der Waals surface area contributed by atoms with E-state index in [9.17, 15) is 0 Å². The molecule has 3 aromatic carbocycles. The van der Waals surface area contributed by atoms with Gasteiger partial charge >= 0.3 is 0 Å². The minimum Gasteiger partial charge on any atom is -0.481 e. The Morgan fingerprint density at radius 1 is 0.667 bits per heavy atom. The Labute approximate surface area is 124 Å². The third-order valence-corrected chi connectivity index (χ3v) is 3.32. The van der Waals surface area contributed by atoms with Gasteiger partial charge in [0.05, 0.1) is 0 Å². The van der Waals surface area contributed by atoms with Gasteiger partial charge in [0.2, 0.25) is 0 Å². The molecule has 0 unspecified atom stereocenters. The molecule has 0 saturated heterocycles. The van der Waals surface area contributed by atoms with Crippen molar-refractivity contribution in [2.75, 3.05) is 5.73 Å². The van der Waals surface area contributed by atoms with Crippen LogP contribution in [0.3, 0.4) is 0 Å². The smallest absolute Gasteiger partial charge is 0.149 e. The average Bonchev–Trinajstić information content (AvgIpc) is 2.54. The van der Waals surface area contributed by atoms with Crippen LogP contribution in [0.1, 0.15) is 17.2 Å². The highest BCUT2D eigenvalue weighted by Crippen LogP contribution is 2.29. The number of hydrogen-bond acceptors (Lipinski definition) is 2. The molecule has 0 radical (unpaired) electrons. The van der Waals surface area contributed by atoms with Crippen LogP contribution in [0.25, 0.3) is 0 Å². The van der Waals surface area contributed by atoms with E-state index in [4.69, 9.17) is 10.5 Å². The summed E-state index contributed by atoms with van der Waals surface area (Å²) >= 11 is 0. The van der Waals surface area contributed by atoms with Crippen molar-refractivity contribution in [3.05, 3.63) is 96.1 Å². The maximum Gasteiger partial charge on any atom is 0.149 e. The molecule has 0 aliphatic carbocycles. The molecule has 0 aromatic heterocycles. The SMILES string of the molecule is Nc1cccc(OC(c2ccccc2)c2ccccc2)c1. The summed E-state index contributed by atoms with van der Waals surface area (Å²) in [5.41, 5.74) is 8.77. The Hall–Kier alpha value is -2.74. The predicted molar refractivity (Wildman–Crippen MR) is 86.2 cm³/mol. The Kier molecular flexibility index (Phi) is 3.88. The Morgan fingerprint density at radius 2 is 1.24 bits per heavy atom. The topological polar surface area (TPSA) is 35.2 Å². The normalized spacial score (nSPS) is 10.5. The van der Waals surface area contributed by atoms with Gasteiger partial charge in [0.25, 0.3) is 0 Å². The average molecular weight is 275 g/mol. The molecule has 104 valence electrons. The van der Waals surface area contributed by atoms with Crippen molar-refractivity contribution in [2.45, 2.75) is 6.10 Å². The highest BCUT2D eigenvalue weighted by Gasteiger charge is 2.15. The molecule has 0 bridgehead atoms. The molecule has 0 heterocycles. The van der Waals surface area contributed by atoms with E-state index in [-0.39, 0.29) is 6.10 Å². The summed E-state index contributed by atoms with van der Waals surface area (Å²) in [4.78, 5) is 0. The van der Waals surface area contributed by atoms with E-state index in [1.165, 1.54) is 0 Å². The molecule has 0 aliphatic rings. The fourth-order valence-corrected chi connectivity index (χ4v) is 2.31. The molecule has 0 fully saturated rings. The first kappa shape index (κ1) is 13.3. The quantitative estimate of drug-likeness (QED) is 0.714. The highest BCUT2D eigenvalue weighted by molar-refractivity contribution is 5.44. The van der Waals surface area contributed by atoms with Gasteiger partial charge in [0.1, 0.15) is 11.9 Å². The number of nitrogens with two attached hydrogens (primary N) is 1. The monoisotopic (exact) mass is 275 g/mol. The Balaban J connectivity index is 1.97. The maximum absolute atomic E-state index is 6.19. The van der Waals surface area contributed by atoms with Gasteiger partial charge in [0, 0.05) is 11.8 Å². The second-order valence-electron chi connectivity index (χ2n) is 4.89. The minimum absolute atomic E-state index is 0.144. The van der Waals surface area contributed by atoms with E-state index in [0.29, 0.717) is 5.69 Å². The van der Waals surface area contributed by atoms with E-state index >= 15 is 0 Å². The minimum atomic E-state index is -0.144. The van der Waals surface area contributed by atoms with Gasteiger partial charge < -0.3 is 10.5 Å². The first-order valence-electron chi connectivity index (χ1n) is 6.95. The lowest BCUT2D eigenvalue weighted by molar-refractivity contribution is 0.247. The van der Waals surface area contributed by atoms with E-state index in [2.05, 4.69) is 24.3 Å². The van der Waals surface area contributed by atoms with Crippen LogP contribution in [0.2, 0.25) is 0 Å². The molecule has 0 atom stereocenters. The van der Waals surface area contributed by atoms with Crippen LogP contribution in [0.15, 0.2) is 84.9 Å². The molecule has 3 rings (SSSR count). The second kappa shape index (κ2) is 6.14. The third kappa shape index (κ3) is 3.23. The van der Waals surface area contributed by atoms with Crippen LogP contribution in [0.5, 0.6) is 5.75 Å². The lowest BCUT2D eigenvalue weighted by Gasteiger charge is -2.20. The summed E-state index contributed by atoms with van der Waals surface area (Å²) in [6.45, 7) is 0. The van der Waals surface area contributed by atoms with E-state index in [0.717, 1.165) is 16.9 Å². The molecule has 21 heavy (non-hydrogen) atoms. The summed E-state index contributed by atoms with van der Waals surface area (Å²) in [5.74, 6) is 0.771. The number of anilines is 1. The van der Waals surface area contributed by atoms with E-state index < -0.39 is 0 Å². The summed E-state index contributed by atoms with van der Waals surface area (Å²) in [6.07, 6.45) is -0.144. The van der Waals surface area contributed by atoms with Gasteiger partial charge in [-0.25, -0.2) is 0 Å². The first-order chi connectivity index (χ1) is 10.3. The second-order valence-corrected chi connectivity index (χ2v) is 4.89. The summed E-state index contributed by atoms with van der Waals surface area (Å²) < 4.78 is 6.19. The van der Waals surface area contributed by atoms with Crippen LogP contribution >= 0.6 is 0 Å². The molecule has 2 nitrogen and oxygen atoms in total. The zero-order valence-corrected chi connectivity index (χ0v) is 11.6. The molecule has 2 heteroatoms. The number of ether oxygens (including phenoxy) is 1. The molecule has 3 aromatic rings. The lowest BCUT2D eigenvalue weighted by atomic mass is 10.0. The van der Waals surface area contributed by atoms with Crippen molar-refractivity contribution in [1.29, 1.82) is 0 Å². The van der Waals surface area contributed by atoms with Crippen LogP contribution < -0.4 is 10.5 Å². The van der Waals surface area contributed by atoms with Crippen molar-refractivity contribution >= 4 is 5.69 Å². The third-order valence-electron chi connectivity index (χ3n) is 3.32. The maximum atomic E-state index is 6.19. The van der Waals surface area contributed by atoms with Crippen molar-refractivity contribution in [1.82, 2.24) is 0 Å². The van der Waals surface area contributed by atoms with E-state index in [1.54, 1.807) is 0 Å². The highest BCUT2D eigenvalue weighted by atomic mass is 16.5. The van der Waals surface area contributed by atoms with Crippen LogP contribution in [-0.2, 0) is 0 Å². The van der Waals surface area contributed by atoms with Crippen molar-refractivity contribution < 1.29 is 4.74 Å². The summed E-state index contributed by atoms with van der Waals surface area (Å²) in [6, 6.07) is 27.9. The zero-order chi connectivity index (χ0) is 14.5. The summed E-state index contributed by atoms with van der Waals surface area (Å²) in [7, 11) is 0. The first-order valence-corrected chi connectivity index (χ1v) is 6.95. The fourth-order valence-electron chi connectivity index (χ4n) is 2.31. The van der Waals surface area contributed by atoms with Crippen molar-refractivity contribution in [3.8, 4) is 5.75 Å². The Morgan fingerprint density at radius 3 is 1.76 bits per heavy atom. The van der Waals surface area contributed by atoms with Crippen molar-refractivity contribution in [2.24, 2.45) is 0 Å². The van der Waals surface area contributed by atoms with Gasteiger partial charge in [-0.2, -0.15) is 0 Å². The lowest BCUT2D eigenvalue weighted by Crippen LogP contribution is -2.09. The van der Waals surface area contributed by atoms with Crippen LogP contribution in [-0.4, -0.2) is 0 Å². The molecule has 0 spiro atoms.